The molecule has 148 valence electrons. The van der Waals surface area contributed by atoms with Crippen LogP contribution in [0.1, 0.15) is 49.0 Å². The van der Waals surface area contributed by atoms with Gasteiger partial charge in [0.05, 0.1) is 13.2 Å². The average molecular weight is 373 g/mol. The second-order valence-corrected chi connectivity index (χ2v) is 8.24. The zero-order chi connectivity index (χ0) is 19.2. The lowest BCUT2D eigenvalue weighted by molar-refractivity contribution is -0.133. The number of nitrogens with one attached hydrogen (secondary N) is 1. The summed E-state index contributed by atoms with van der Waals surface area (Å²) < 4.78 is 5.42. The molecular formula is C22H32N2O3. The molecule has 0 aromatic heterocycles. The van der Waals surface area contributed by atoms with Crippen molar-refractivity contribution in [3.63, 3.8) is 0 Å². The Kier molecular flexibility index (Phi) is 7.02. The SMILES string of the molecule is CC(C)Cc1ccc(C(=O)C2CCN(C(=O)CC3COCCN3)CC2)cc1. The highest BCUT2D eigenvalue weighted by Gasteiger charge is 2.29. The predicted molar refractivity (Wildman–Crippen MR) is 106 cm³/mol. The molecule has 1 atom stereocenters. The number of nitrogens with zero attached hydrogens (tertiary/aromatic N) is 1. The van der Waals surface area contributed by atoms with Gasteiger partial charge in [-0.2, -0.15) is 0 Å². The first-order valence-corrected chi connectivity index (χ1v) is 10.2. The number of morpholine rings is 1. The van der Waals surface area contributed by atoms with Gasteiger partial charge < -0.3 is 15.0 Å². The molecule has 3 rings (SSSR count). The molecule has 1 amide bonds. The molecule has 2 fully saturated rings. The zero-order valence-corrected chi connectivity index (χ0v) is 16.6. The number of hydrogen-bond donors (Lipinski definition) is 1. The summed E-state index contributed by atoms with van der Waals surface area (Å²) >= 11 is 0. The van der Waals surface area contributed by atoms with Gasteiger partial charge in [0.1, 0.15) is 0 Å². The maximum atomic E-state index is 12.8. The second-order valence-electron chi connectivity index (χ2n) is 8.24. The van der Waals surface area contributed by atoms with Crippen LogP contribution in [0.25, 0.3) is 0 Å². The minimum Gasteiger partial charge on any atom is -0.378 e. The van der Waals surface area contributed by atoms with Gasteiger partial charge in [-0.05, 0) is 30.7 Å². The molecule has 1 N–H and O–H groups in total. The van der Waals surface area contributed by atoms with Crippen molar-refractivity contribution in [2.75, 3.05) is 32.8 Å². The van der Waals surface area contributed by atoms with Crippen molar-refractivity contribution >= 4 is 11.7 Å². The number of rotatable bonds is 6. The summed E-state index contributed by atoms with van der Waals surface area (Å²) in [6, 6.07) is 8.20. The summed E-state index contributed by atoms with van der Waals surface area (Å²) in [5.41, 5.74) is 2.08. The molecule has 1 unspecified atom stereocenters. The molecule has 1 aromatic carbocycles. The fraction of sp³-hybridized carbons (Fsp3) is 0.636. The van der Waals surface area contributed by atoms with E-state index in [9.17, 15) is 9.59 Å². The van der Waals surface area contributed by atoms with E-state index in [2.05, 4.69) is 31.3 Å². The first-order valence-electron chi connectivity index (χ1n) is 10.2. The highest BCUT2D eigenvalue weighted by Crippen LogP contribution is 2.23. The van der Waals surface area contributed by atoms with E-state index in [0.29, 0.717) is 32.0 Å². The van der Waals surface area contributed by atoms with Crippen molar-refractivity contribution in [1.29, 1.82) is 0 Å². The van der Waals surface area contributed by atoms with Crippen LogP contribution in [0.5, 0.6) is 0 Å². The normalized spacial score (nSPS) is 21.4. The summed E-state index contributed by atoms with van der Waals surface area (Å²) in [5, 5.41) is 3.33. The van der Waals surface area contributed by atoms with Gasteiger partial charge in [-0.1, -0.05) is 38.1 Å². The maximum absolute atomic E-state index is 12.8. The summed E-state index contributed by atoms with van der Waals surface area (Å²) in [4.78, 5) is 27.2. The lowest BCUT2D eigenvalue weighted by Crippen LogP contribution is -2.47. The monoisotopic (exact) mass is 372 g/mol. The molecule has 0 spiro atoms. The lowest BCUT2D eigenvalue weighted by atomic mass is 9.88. The smallest absolute Gasteiger partial charge is 0.224 e. The van der Waals surface area contributed by atoms with Crippen molar-refractivity contribution in [2.24, 2.45) is 11.8 Å². The average Bonchev–Trinajstić information content (AvgIpc) is 2.68. The molecular weight excluding hydrogens is 340 g/mol. The summed E-state index contributed by atoms with van der Waals surface area (Å²) in [7, 11) is 0. The van der Waals surface area contributed by atoms with E-state index in [4.69, 9.17) is 4.74 Å². The number of Topliss-reactive ketones (excluding diaryl/α,β-unsaturated/α-hetero) is 1. The number of carbonyl (C=O) groups is 2. The molecule has 5 nitrogen and oxygen atoms in total. The highest BCUT2D eigenvalue weighted by molar-refractivity contribution is 5.98. The van der Waals surface area contributed by atoms with Crippen LogP contribution >= 0.6 is 0 Å². The first-order chi connectivity index (χ1) is 13.0. The van der Waals surface area contributed by atoms with Gasteiger partial charge in [0.15, 0.2) is 5.78 Å². The third-order valence-electron chi connectivity index (χ3n) is 5.52. The van der Waals surface area contributed by atoms with Crippen molar-refractivity contribution < 1.29 is 14.3 Å². The minimum atomic E-state index is 0.0288. The van der Waals surface area contributed by atoms with E-state index in [1.807, 2.05) is 17.0 Å². The van der Waals surface area contributed by atoms with Crippen molar-refractivity contribution in [3.05, 3.63) is 35.4 Å². The predicted octanol–water partition coefficient (Wildman–Crippen LogP) is 2.68. The number of likely N-dealkylation sites (tertiary alicyclic amines) is 1. The Morgan fingerprint density at radius 1 is 1.19 bits per heavy atom. The molecule has 0 radical (unpaired) electrons. The topological polar surface area (TPSA) is 58.6 Å². The largest absolute Gasteiger partial charge is 0.378 e. The number of carbonyl (C=O) groups excluding carboxylic acids is 2. The molecule has 2 aliphatic heterocycles. The fourth-order valence-electron chi connectivity index (χ4n) is 3.99. The van der Waals surface area contributed by atoms with Crippen LogP contribution < -0.4 is 5.32 Å². The van der Waals surface area contributed by atoms with Gasteiger partial charge in [0.2, 0.25) is 5.91 Å². The number of ether oxygens (including phenoxy) is 1. The Morgan fingerprint density at radius 3 is 2.48 bits per heavy atom. The van der Waals surface area contributed by atoms with E-state index in [1.54, 1.807) is 0 Å². The van der Waals surface area contributed by atoms with Gasteiger partial charge >= 0.3 is 0 Å². The molecule has 27 heavy (non-hydrogen) atoms. The molecule has 0 saturated carbocycles. The number of ketones is 1. The van der Waals surface area contributed by atoms with Crippen molar-refractivity contribution in [1.82, 2.24) is 10.2 Å². The van der Waals surface area contributed by atoms with Crippen molar-refractivity contribution in [3.8, 4) is 0 Å². The molecule has 2 saturated heterocycles. The Bertz CT molecular complexity index is 627. The fourth-order valence-corrected chi connectivity index (χ4v) is 3.99. The van der Waals surface area contributed by atoms with Gasteiger partial charge in [-0.3, -0.25) is 9.59 Å². The standard InChI is InChI=1S/C22H32N2O3/c1-16(2)13-17-3-5-18(6-4-17)22(26)19-7-10-24(11-8-19)21(25)14-20-15-27-12-9-23-20/h3-6,16,19-20,23H,7-15H2,1-2H3. The molecule has 5 heteroatoms. The summed E-state index contributed by atoms with van der Waals surface area (Å²) in [6.07, 6.45) is 3.03. The number of piperidine rings is 1. The molecule has 0 aliphatic carbocycles. The van der Waals surface area contributed by atoms with Crippen LogP contribution in [0.3, 0.4) is 0 Å². The van der Waals surface area contributed by atoms with Gasteiger partial charge in [0.25, 0.3) is 0 Å². The second kappa shape index (κ2) is 9.47. The quantitative estimate of drug-likeness (QED) is 0.780. The molecule has 2 heterocycles. The highest BCUT2D eigenvalue weighted by atomic mass is 16.5. The van der Waals surface area contributed by atoms with Crippen LogP contribution in [0.4, 0.5) is 0 Å². The van der Waals surface area contributed by atoms with Gasteiger partial charge in [-0.15, -0.1) is 0 Å². The van der Waals surface area contributed by atoms with E-state index >= 15 is 0 Å². The molecule has 2 aliphatic rings. The Balaban J connectivity index is 1.47. The van der Waals surface area contributed by atoms with Crippen LogP contribution in [0.2, 0.25) is 0 Å². The van der Waals surface area contributed by atoms with E-state index < -0.39 is 0 Å². The van der Waals surface area contributed by atoms with E-state index in [1.165, 1.54) is 5.56 Å². The summed E-state index contributed by atoms with van der Waals surface area (Å²) in [6.45, 7) is 7.88. The maximum Gasteiger partial charge on any atom is 0.224 e. The number of amides is 1. The Hall–Kier alpha value is -1.72. The third kappa shape index (κ3) is 5.63. The van der Waals surface area contributed by atoms with Crippen molar-refractivity contribution in [2.45, 2.75) is 45.6 Å². The van der Waals surface area contributed by atoms with Gasteiger partial charge in [0, 0.05) is 43.6 Å². The number of hydrogen-bond acceptors (Lipinski definition) is 4. The first kappa shape index (κ1) is 20.0. The third-order valence-corrected chi connectivity index (χ3v) is 5.52. The van der Waals surface area contributed by atoms with Crippen LogP contribution in [0.15, 0.2) is 24.3 Å². The number of benzene rings is 1. The molecule has 0 bridgehead atoms. The van der Waals surface area contributed by atoms with E-state index in [0.717, 1.165) is 38.0 Å². The zero-order valence-electron chi connectivity index (χ0n) is 16.6. The van der Waals surface area contributed by atoms with Crippen LogP contribution in [0, 0.1) is 11.8 Å². The van der Waals surface area contributed by atoms with E-state index in [-0.39, 0.29) is 23.7 Å². The molecule has 1 aromatic rings. The summed E-state index contributed by atoms with van der Waals surface area (Å²) in [5.74, 6) is 1.03. The Morgan fingerprint density at radius 2 is 1.89 bits per heavy atom. The Labute approximate surface area is 162 Å². The van der Waals surface area contributed by atoms with Crippen LogP contribution in [-0.4, -0.2) is 55.5 Å². The van der Waals surface area contributed by atoms with Gasteiger partial charge in [-0.25, -0.2) is 0 Å². The van der Waals surface area contributed by atoms with Crippen LogP contribution in [-0.2, 0) is 16.0 Å². The lowest BCUT2D eigenvalue weighted by Gasteiger charge is -2.33. The minimum absolute atomic E-state index is 0.0288.